The lowest BCUT2D eigenvalue weighted by Crippen LogP contribution is -2.42. The molecule has 0 amide bonds. The normalized spacial score (nSPS) is 25.6. The van der Waals surface area contributed by atoms with Crippen LogP contribution in [-0.2, 0) is 10.2 Å². The molecule has 1 aliphatic heterocycles. The van der Waals surface area contributed by atoms with Gasteiger partial charge in [-0.15, -0.1) is 0 Å². The number of rotatable bonds is 4. The first-order chi connectivity index (χ1) is 13.6. The van der Waals surface area contributed by atoms with Crippen molar-refractivity contribution >= 4 is 17.4 Å². The predicted octanol–water partition coefficient (Wildman–Crippen LogP) is 2.75. The number of anilines is 1. The number of ether oxygens (including phenoxy) is 1. The average Bonchev–Trinajstić information content (AvgIpc) is 2.75. The van der Waals surface area contributed by atoms with Crippen LogP contribution >= 0.6 is 11.6 Å². The van der Waals surface area contributed by atoms with Crippen LogP contribution in [0.15, 0.2) is 41.2 Å². The Bertz CT molecular complexity index is 871. The van der Waals surface area contributed by atoms with Crippen LogP contribution in [0.25, 0.3) is 0 Å². The van der Waals surface area contributed by atoms with E-state index >= 15 is 0 Å². The van der Waals surface area contributed by atoms with Gasteiger partial charge in [-0.2, -0.15) is 5.10 Å². The van der Waals surface area contributed by atoms with Gasteiger partial charge in [-0.25, -0.2) is 4.68 Å². The Morgan fingerprint density at radius 3 is 2.61 bits per heavy atom. The third-order valence-electron chi connectivity index (χ3n) is 6.23. The topological polar surface area (TPSA) is 73.4 Å². The number of hydrogen-bond donors (Lipinski definition) is 1. The third-order valence-corrected chi connectivity index (χ3v) is 6.47. The summed E-state index contributed by atoms with van der Waals surface area (Å²) < 4.78 is 7.10. The van der Waals surface area contributed by atoms with Gasteiger partial charge in [0.2, 0.25) is 0 Å². The van der Waals surface area contributed by atoms with E-state index < -0.39 is 0 Å². The van der Waals surface area contributed by atoms with E-state index in [1.54, 1.807) is 10.7 Å². The maximum Gasteiger partial charge on any atom is 0.267 e. The molecule has 0 radical (unpaired) electrons. The number of halogens is 1. The van der Waals surface area contributed by atoms with E-state index in [0.29, 0.717) is 19.8 Å². The van der Waals surface area contributed by atoms with Crippen LogP contribution in [0.1, 0.15) is 37.3 Å². The molecule has 0 atom stereocenters. The van der Waals surface area contributed by atoms with Gasteiger partial charge in [0, 0.05) is 36.1 Å². The fourth-order valence-electron chi connectivity index (χ4n) is 4.47. The zero-order chi connectivity index (χ0) is 19.6. The van der Waals surface area contributed by atoms with Crippen LogP contribution in [-0.4, -0.2) is 42.6 Å². The first-order valence-corrected chi connectivity index (χ1v) is 10.4. The Hall–Kier alpha value is -1.89. The first-order valence-electron chi connectivity index (χ1n) is 10.00. The molecule has 28 heavy (non-hydrogen) atoms. The second-order valence-corrected chi connectivity index (χ2v) is 8.24. The van der Waals surface area contributed by atoms with Gasteiger partial charge in [-0.1, -0.05) is 23.7 Å². The van der Waals surface area contributed by atoms with Gasteiger partial charge in [0.1, 0.15) is 5.82 Å². The fourth-order valence-corrected chi connectivity index (χ4v) is 4.66. The summed E-state index contributed by atoms with van der Waals surface area (Å²) in [5.74, 6) is 0.855. The summed E-state index contributed by atoms with van der Waals surface area (Å²) >= 11 is 6.21. The highest BCUT2D eigenvalue weighted by Gasteiger charge is 2.37. The maximum atomic E-state index is 12.5. The van der Waals surface area contributed by atoms with Gasteiger partial charge in [0.15, 0.2) is 0 Å². The molecule has 1 aliphatic carbocycles. The highest BCUT2D eigenvalue weighted by atomic mass is 35.5. The van der Waals surface area contributed by atoms with Gasteiger partial charge in [0.05, 0.1) is 19.3 Å². The first kappa shape index (κ1) is 19.4. The lowest BCUT2D eigenvalue weighted by Gasteiger charge is -2.40. The Kier molecular flexibility index (Phi) is 5.71. The van der Waals surface area contributed by atoms with Crippen molar-refractivity contribution in [2.75, 3.05) is 37.7 Å². The Morgan fingerprint density at radius 2 is 1.93 bits per heavy atom. The van der Waals surface area contributed by atoms with Gasteiger partial charge in [-0.3, -0.25) is 4.79 Å². The van der Waals surface area contributed by atoms with Crippen molar-refractivity contribution in [3.63, 3.8) is 0 Å². The van der Waals surface area contributed by atoms with Crippen molar-refractivity contribution in [2.24, 2.45) is 5.73 Å². The van der Waals surface area contributed by atoms with Crippen LogP contribution in [0.3, 0.4) is 0 Å². The van der Waals surface area contributed by atoms with Crippen LogP contribution in [0.4, 0.5) is 5.82 Å². The second-order valence-electron chi connectivity index (χ2n) is 7.80. The molecule has 7 heteroatoms. The van der Waals surface area contributed by atoms with Gasteiger partial charge in [0.25, 0.3) is 5.56 Å². The second kappa shape index (κ2) is 8.23. The zero-order valence-corrected chi connectivity index (χ0v) is 16.8. The lowest BCUT2D eigenvalue weighted by atomic mass is 9.68. The smallest absolute Gasteiger partial charge is 0.267 e. The van der Waals surface area contributed by atoms with Crippen LogP contribution in [0.5, 0.6) is 0 Å². The van der Waals surface area contributed by atoms with Crippen LogP contribution in [0, 0.1) is 0 Å². The minimum absolute atomic E-state index is 0.0370. The molecule has 2 fully saturated rings. The molecular formula is C21H27ClN4O2. The summed E-state index contributed by atoms with van der Waals surface area (Å²) in [4.78, 5) is 14.7. The quantitative estimate of drug-likeness (QED) is 0.851. The van der Waals surface area contributed by atoms with E-state index in [9.17, 15) is 4.79 Å². The highest BCUT2D eigenvalue weighted by Crippen LogP contribution is 2.42. The van der Waals surface area contributed by atoms with Gasteiger partial charge in [-0.05, 0) is 49.4 Å². The zero-order valence-electron chi connectivity index (χ0n) is 16.0. The molecule has 2 aliphatic rings. The largest absolute Gasteiger partial charge is 0.378 e. The third kappa shape index (κ3) is 3.81. The predicted molar refractivity (Wildman–Crippen MR) is 111 cm³/mol. The number of benzene rings is 1. The number of nitrogens with two attached hydrogens (primary N) is 1. The minimum Gasteiger partial charge on any atom is -0.378 e. The van der Waals surface area contributed by atoms with Gasteiger partial charge < -0.3 is 15.4 Å². The molecule has 2 N–H and O–H groups in total. The van der Waals surface area contributed by atoms with Crippen LogP contribution in [0.2, 0.25) is 5.02 Å². The van der Waals surface area contributed by atoms with Gasteiger partial charge >= 0.3 is 0 Å². The van der Waals surface area contributed by atoms with E-state index in [4.69, 9.17) is 27.2 Å². The molecule has 1 aromatic heterocycles. The number of aromatic nitrogens is 2. The summed E-state index contributed by atoms with van der Waals surface area (Å²) in [5, 5.41) is 5.44. The molecule has 1 saturated carbocycles. The Morgan fingerprint density at radius 1 is 1.18 bits per heavy atom. The van der Waals surface area contributed by atoms with Crippen molar-refractivity contribution in [2.45, 2.75) is 37.1 Å². The molecule has 150 valence electrons. The molecule has 2 heterocycles. The molecule has 6 nitrogen and oxygen atoms in total. The summed E-state index contributed by atoms with van der Waals surface area (Å²) in [6, 6.07) is 11.6. The fraction of sp³-hybridized carbons (Fsp3) is 0.524. The van der Waals surface area contributed by atoms with E-state index in [1.807, 2.05) is 24.3 Å². The van der Waals surface area contributed by atoms with Crippen molar-refractivity contribution in [3.05, 3.63) is 57.3 Å². The molecule has 0 unspecified atom stereocenters. The summed E-state index contributed by atoms with van der Waals surface area (Å²) in [6.07, 6.45) is 3.60. The standard InChI is InChI=1S/C21H27ClN4O2/c22-17-3-1-2-16(14-17)21(15-23)8-6-18(7-9-21)26-20(27)5-4-19(24-26)25-10-12-28-13-11-25/h1-5,14,18H,6-13,15,23H2. The lowest BCUT2D eigenvalue weighted by molar-refractivity contribution is 0.122. The average molecular weight is 403 g/mol. The van der Waals surface area contributed by atoms with Crippen molar-refractivity contribution < 1.29 is 4.74 Å². The number of morpholine rings is 1. The van der Waals surface area contributed by atoms with Crippen molar-refractivity contribution in [3.8, 4) is 0 Å². The number of hydrogen-bond acceptors (Lipinski definition) is 5. The molecule has 0 spiro atoms. The monoisotopic (exact) mass is 402 g/mol. The summed E-state index contributed by atoms with van der Waals surface area (Å²) in [7, 11) is 0. The van der Waals surface area contributed by atoms with E-state index in [0.717, 1.165) is 49.6 Å². The van der Waals surface area contributed by atoms with Crippen LogP contribution < -0.4 is 16.2 Å². The summed E-state index contributed by atoms with van der Waals surface area (Å²) in [5.41, 5.74) is 7.29. The summed E-state index contributed by atoms with van der Waals surface area (Å²) in [6.45, 7) is 3.59. The molecule has 4 rings (SSSR count). The minimum atomic E-state index is -0.0766. The SMILES string of the molecule is NCC1(c2cccc(Cl)c2)CCC(n2nc(N3CCOCC3)ccc2=O)CC1. The number of nitrogens with zero attached hydrogens (tertiary/aromatic N) is 3. The van der Waals surface area contributed by atoms with Crippen molar-refractivity contribution in [1.29, 1.82) is 0 Å². The molecular weight excluding hydrogens is 376 g/mol. The molecule has 2 aromatic rings. The molecule has 1 aromatic carbocycles. The van der Waals surface area contributed by atoms with E-state index in [2.05, 4.69) is 11.0 Å². The highest BCUT2D eigenvalue weighted by molar-refractivity contribution is 6.30. The molecule has 1 saturated heterocycles. The van der Waals surface area contributed by atoms with E-state index in [-0.39, 0.29) is 17.0 Å². The Balaban J connectivity index is 1.54. The van der Waals surface area contributed by atoms with E-state index in [1.165, 1.54) is 5.56 Å². The maximum absolute atomic E-state index is 12.5. The Labute approximate surface area is 170 Å². The molecule has 0 bridgehead atoms. The van der Waals surface area contributed by atoms with Crippen molar-refractivity contribution in [1.82, 2.24) is 9.78 Å².